The van der Waals surface area contributed by atoms with Gasteiger partial charge in [-0.2, -0.15) is 0 Å². The molecule has 6 rings (SSSR count). The summed E-state index contributed by atoms with van der Waals surface area (Å²) in [6.45, 7) is 0.678. The van der Waals surface area contributed by atoms with E-state index in [0.29, 0.717) is 12.1 Å². The summed E-state index contributed by atoms with van der Waals surface area (Å²) in [6, 6.07) is 39.4. The van der Waals surface area contributed by atoms with Gasteiger partial charge >= 0.3 is 0 Å². The molecule has 0 fully saturated rings. The molecule has 0 saturated carbocycles. The van der Waals surface area contributed by atoms with Gasteiger partial charge in [-0.25, -0.2) is 0 Å². The fourth-order valence-corrected chi connectivity index (χ4v) is 5.35. The van der Waals surface area contributed by atoms with E-state index in [4.69, 9.17) is 10.5 Å². The molecule has 1 amide bonds. The van der Waals surface area contributed by atoms with Gasteiger partial charge in [0, 0.05) is 22.9 Å². The van der Waals surface area contributed by atoms with E-state index in [9.17, 15) is 4.79 Å². The lowest BCUT2D eigenvalue weighted by Crippen LogP contribution is -2.11. The quantitative estimate of drug-likeness (QED) is 0.254. The molecule has 0 radical (unpaired) electrons. The molecule has 0 aliphatic rings. The normalized spacial score (nSPS) is 11.2. The summed E-state index contributed by atoms with van der Waals surface area (Å²) in [5.41, 5.74) is 14.4. The van der Waals surface area contributed by atoms with Crippen molar-refractivity contribution >= 4 is 27.7 Å². The van der Waals surface area contributed by atoms with E-state index in [1.165, 1.54) is 16.7 Å². The van der Waals surface area contributed by atoms with Gasteiger partial charge in [0.2, 0.25) is 5.91 Å². The van der Waals surface area contributed by atoms with E-state index < -0.39 is 5.91 Å². The zero-order chi connectivity index (χ0) is 26.1. The van der Waals surface area contributed by atoms with Crippen molar-refractivity contribution in [2.24, 2.45) is 5.73 Å². The number of nitrogens with two attached hydrogens (primary N) is 1. The first-order valence-corrected chi connectivity index (χ1v) is 12.7. The second kappa shape index (κ2) is 9.91. The highest BCUT2D eigenvalue weighted by atomic mass is 16.5. The Morgan fingerprint density at radius 1 is 0.737 bits per heavy atom. The van der Waals surface area contributed by atoms with Gasteiger partial charge < -0.3 is 15.0 Å². The van der Waals surface area contributed by atoms with Crippen molar-refractivity contribution in [3.05, 3.63) is 138 Å². The van der Waals surface area contributed by atoms with Crippen molar-refractivity contribution in [3.63, 3.8) is 0 Å². The number of hydrogen-bond donors (Lipinski definition) is 1. The minimum Gasteiger partial charge on any atom is -0.497 e. The molecule has 186 valence electrons. The Bertz CT molecular complexity index is 1770. The Morgan fingerprint density at radius 2 is 1.45 bits per heavy atom. The van der Waals surface area contributed by atoms with Crippen LogP contribution in [0, 0.1) is 0 Å². The number of amides is 1. The summed E-state index contributed by atoms with van der Waals surface area (Å²) in [4.78, 5) is 12.4. The van der Waals surface area contributed by atoms with Gasteiger partial charge in [0.1, 0.15) is 5.75 Å². The molecule has 2 N–H and O–H groups in total. The first kappa shape index (κ1) is 23.6. The third-order valence-electron chi connectivity index (χ3n) is 7.26. The SMILES string of the molecule is COc1ccc(-c2ccc3c4c(C(N)=O)cccc4n(Cc4ccccc4Cc4ccccc4)c3c2)cc1. The molecular weight excluding hydrogens is 468 g/mol. The molecule has 0 saturated heterocycles. The van der Waals surface area contributed by atoms with Crippen molar-refractivity contribution in [1.29, 1.82) is 0 Å². The Kier molecular flexibility index (Phi) is 6.14. The van der Waals surface area contributed by atoms with E-state index in [0.717, 1.165) is 45.1 Å². The predicted molar refractivity (Wildman–Crippen MR) is 155 cm³/mol. The van der Waals surface area contributed by atoms with Crippen LogP contribution in [0.25, 0.3) is 32.9 Å². The van der Waals surface area contributed by atoms with Crippen molar-refractivity contribution in [1.82, 2.24) is 4.57 Å². The standard InChI is InChI=1S/C34H28N2O2/c1-38-28-17-14-24(15-18-28)26-16-19-29-32(21-26)36(31-13-7-12-30(33(29)31)34(35)37)22-27-11-6-5-10-25(27)20-23-8-3-2-4-9-23/h2-19,21H,20,22H2,1H3,(H2,35,37). The third kappa shape index (κ3) is 4.31. The summed E-state index contributed by atoms with van der Waals surface area (Å²) in [5.74, 6) is 0.406. The second-order valence-corrected chi connectivity index (χ2v) is 9.54. The number of rotatable bonds is 7. The van der Waals surface area contributed by atoms with Gasteiger partial charge in [0.15, 0.2) is 0 Å². The number of nitrogens with zero attached hydrogens (tertiary/aromatic N) is 1. The van der Waals surface area contributed by atoms with Gasteiger partial charge in [-0.05, 0) is 64.6 Å². The number of hydrogen-bond acceptors (Lipinski definition) is 2. The minimum atomic E-state index is -0.418. The van der Waals surface area contributed by atoms with E-state index in [2.05, 4.69) is 89.5 Å². The lowest BCUT2D eigenvalue weighted by Gasteiger charge is -2.14. The first-order chi connectivity index (χ1) is 18.6. The number of primary amides is 1. The van der Waals surface area contributed by atoms with Crippen molar-refractivity contribution in [2.45, 2.75) is 13.0 Å². The fourth-order valence-electron chi connectivity index (χ4n) is 5.35. The summed E-state index contributed by atoms with van der Waals surface area (Å²) in [5, 5.41) is 1.92. The van der Waals surface area contributed by atoms with Gasteiger partial charge in [0.25, 0.3) is 0 Å². The van der Waals surface area contributed by atoms with Crippen molar-refractivity contribution < 1.29 is 9.53 Å². The highest BCUT2D eigenvalue weighted by Gasteiger charge is 2.18. The molecule has 1 heterocycles. The lowest BCUT2D eigenvalue weighted by molar-refractivity contribution is 0.100. The smallest absolute Gasteiger partial charge is 0.249 e. The average Bonchev–Trinajstić information content (AvgIpc) is 3.27. The van der Waals surface area contributed by atoms with Gasteiger partial charge in [-0.15, -0.1) is 0 Å². The Morgan fingerprint density at radius 3 is 2.18 bits per heavy atom. The van der Waals surface area contributed by atoms with Crippen LogP contribution in [0.4, 0.5) is 0 Å². The highest BCUT2D eigenvalue weighted by molar-refractivity contribution is 6.18. The van der Waals surface area contributed by atoms with E-state index in [-0.39, 0.29) is 0 Å². The lowest BCUT2D eigenvalue weighted by atomic mass is 9.99. The summed E-state index contributed by atoms with van der Waals surface area (Å²) in [6.07, 6.45) is 0.859. The minimum absolute atomic E-state index is 0.418. The molecule has 38 heavy (non-hydrogen) atoms. The average molecular weight is 497 g/mol. The van der Waals surface area contributed by atoms with Gasteiger partial charge in [-0.3, -0.25) is 4.79 Å². The predicted octanol–water partition coefficient (Wildman–Crippen LogP) is 7.21. The Labute approximate surface area is 221 Å². The molecule has 0 atom stereocenters. The highest BCUT2D eigenvalue weighted by Crippen LogP contribution is 2.35. The maximum absolute atomic E-state index is 12.4. The molecule has 0 aliphatic heterocycles. The van der Waals surface area contributed by atoms with Crippen LogP contribution in [0.5, 0.6) is 5.75 Å². The molecular formula is C34H28N2O2. The van der Waals surface area contributed by atoms with Gasteiger partial charge in [0.05, 0.1) is 18.1 Å². The number of carbonyl (C=O) groups excluding carboxylic acids is 1. The monoisotopic (exact) mass is 496 g/mol. The molecule has 6 aromatic rings. The van der Waals surface area contributed by atoms with Crippen molar-refractivity contribution in [2.75, 3.05) is 7.11 Å². The molecule has 0 aliphatic carbocycles. The zero-order valence-corrected chi connectivity index (χ0v) is 21.2. The van der Waals surface area contributed by atoms with E-state index >= 15 is 0 Å². The van der Waals surface area contributed by atoms with Gasteiger partial charge in [-0.1, -0.05) is 84.9 Å². The summed E-state index contributed by atoms with van der Waals surface area (Å²) in [7, 11) is 1.67. The van der Waals surface area contributed by atoms with Crippen LogP contribution in [0.1, 0.15) is 27.0 Å². The molecule has 5 aromatic carbocycles. The molecule has 1 aromatic heterocycles. The van der Waals surface area contributed by atoms with E-state index in [1.807, 2.05) is 30.3 Å². The maximum Gasteiger partial charge on any atom is 0.249 e. The number of ether oxygens (including phenoxy) is 1. The number of fused-ring (bicyclic) bond motifs is 3. The Hall–Kier alpha value is -4.83. The molecule has 0 unspecified atom stereocenters. The maximum atomic E-state index is 12.4. The second-order valence-electron chi connectivity index (χ2n) is 9.54. The molecule has 0 spiro atoms. The largest absolute Gasteiger partial charge is 0.497 e. The summed E-state index contributed by atoms with van der Waals surface area (Å²) < 4.78 is 7.66. The zero-order valence-electron chi connectivity index (χ0n) is 21.2. The van der Waals surface area contributed by atoms with Crippen LogP contribution in [-0.4, -0.2) is 17.6 Å². The molecule has 4 nitrogen and oxygen atoms in total. The van der Waals surface area contributed by atoms with Crippen LogP contribution in [-0.2, 0) is 13.0 Å². The number of benzene rings is 5. The first-order valence-electron chi connectivity index (χ1n) is 12.7. The van der Waals surface area contributed by atoms with Crippen LogP contribution in [0.2, 0.25) is 0 Å². The molecule has 0 bridgehead atoms. The topological polar surface area (TPSA) is 57.2 Å². The van der Waals surface area contributed by atoms with E-state index in [1.54, 1.807) is 7.11 Å². The van der Waals surface area contributed by atoms with Crippen LogP contribution in [0.15, 0.2) is 115 Å². The number of methoxy groups -OCH3 is 1. The molecule has 4 heteroatoms. The fraction of sp³-hybridized carbons (Fsp3) is 0.0882. The van der Waals surface area contributed by atoms with Crippen LogP contribution in [0.3, 0.4) is 0 Å². The van der Waals surface area contributed by atoms with Crippen LogP contribution >= 0.6 is 0 Å². The number of aromatic nitrogens is 1. The Balaban J connectivity index is 1.53. The van der Waals surface area contributed by atoms with Crippen molar-refractivity contribution in [3.8, 4) is 16.9 Å². The van der Waals surface area contributed by atoms with Crippen LogP contribution < -0.4 is 10.5 Å². The number of carbonyl (C=O) groups is 1. The third-order valence-corrected chi connectivity index (χ3v) is 7.26. The summed E-state index contributed by atoms with van der Waals surface area (Å²) >= 11 is 0.